The number of aromatic nitrogens is 3. The first-order chi connectivity index (χ1) is 14.3. The summed E-state index contributed by atoms with van der Waals surface area (Å²) in [5.74, 6) is 0. The quantitative estimate of drug-likeness (QED) is 0.475. The van der Waals surface area contributed by atoms with Crippen molar-refractivity contribution in [2.45, 2.75) is 19.3 Å². The molecule has 2 heterocycles. The van der Waals surface area contributed by atoms with E-state index in [2.05, 4.69) is 10.1 Å². The Balaban J connectivity index is 2.00. The Morgan fingerprint density at radius 2 is 1.81 bits per heavy atom. The number of halogens is 6. The van der Waals surface area contributed by atoms with Crippen LogP contribution in [0.3, 0.4) is 0 Å². The second-order valence-corrected chi connectivity index (χ2v) is 6.44. The SMILES string of the molecule is Cc1nn(C)c2ncc(N(C=O)C(=O)Nc3cc(C(F)(F)F)ccc3C(F)(F)F)cc12. The molecule has 3 amide bonds. The standard InChI is InChI=1S/C18H13F6N5O2/c1-9-12-6-11(7-25-15(12)28(2)27-9)29(8-30)16(31)26-14-5-10(17(19,20)21)3-4-13(14)18(22,23)24/h3-8H,1-2H3,(H,26,31). The van der Waals surface area contributed by atoms with Crippen LogP contribution in [0.5, 0.6) is 0 Å². The zero-order valence-electron chi connectivity index (χ0n) is 15.8. The van der Waals surface area contributed by atoms with E-state index < -0.39 is 35.2 Å². The van der Waals surface area contributed by atoms with Crippen molar-refractivity contribution in [1.82, 2.24) is 14.8 Å². The first-order valence-electron chi connectivity index (χ1n) is 8.46. The summed E-state index contributed by atoms with van der Waals surface area (Å²) in [5, 5.41) is 6.32. The number of carbonyl (C=O) groups excluding carboxylic acids is 2. The number of hydrogen-bond acceptors (Lipinski definition) is 4. The van der Waals surface area contributed by atoms with E-state index >= 15 is 0 Å². The summed E-state index contributed by atoms with van der Waals surface area (Å²) in [5.41, 5.74) is -3.23. The van der Waals surface area contributed by atoms with Crippen molar-refractivity contribution >= 4 is 34.8 Å². The van der Waals surface area contributed by atoms with Crippen molar-refractivity contribution in [3.8, 4) is 0 Å². The lowest BCUT2D eigenvalue weighted by Gasteiger charge is -2.20. The monoisotopic (exact) mass is 445 g/mol. The van der Waals surface area contributed by atoms with Gasteiger partial charge in [-0.3, -0.25) is 9.48 Å². The second kappa shape index (κ2) is 7.56. The van der Waals surface area contributed by atoms with Crippen LogP contribution < -0.4 is 10.2 Å². The third kappa shape index (κ3) is 4.29. The third-order valence-electron chi connectivity index (χ3n) is 4.34. The zero-order chi connectivity index (χ0) is 23.1. The number of alkyl halides is 6. The van der Waals surface area contributed by atoms with Crippen LogP contribution in [0.1, 0.15) is 16.8 Å². The molecule has 0 radical (unpaired) electrons. The predicted molar refractivity (Wildman–Crippen MR) is 97.3 cm³/mol. The summed E-state index contributed by atoms with van der Waals surface area (Å²) >= 11 is 0. The molecule has 3 rings (SSSR count). The van der Waals surface area contributed by atoms with E-state index in [9.17, 15) is 35.9 Å². The van der Waals surface area contributed by atoms with E-state index in [-0.39, 0.29) is 30.3 Å². The average Bonchev–Trinajstić information content (AvgIpc) is 2.94. The number of nitrogens with zero attached hydrogens (tertiary/aromatic N) is 4. The highest BCUT2D eigenvalue weighted by molar-refractivity contribution is 6.12. The fraction of sp³-hybridized carbons (Fsp3) is 0.222. The largest absolute Gasteiger partial charge is 0.418 e. The number of pyridine rings is 1. The predicted octanol–water partition coefficient (Wildman–Crippen LogP) is 4.51. The molecule has 0 saturated heterocycles. The van der Waals surface area contributed by atoms with E-state index in [1.165, 1.54) is 10.7 Å². The van der Waals surface area contributed by atoms with E-state index in [1.54, 1.807) is 19.3 Å². The minimum Gasteiger partial charge on any atom is -0.307 e. The molecule has 0 fully saturated rings. The lowest BCUT2D eigenvalue weighted by atomic mass is 10.1. The third-order valence-corrected chi connectivity index (χ3v) is 4.34. The zero-order valence-corrected chi connectivity index (χ0v) is 15.8. The summed E-state index contributed by atoms with van der Waals surface area (Å²) < 4.78 is 79.9. The van der Waals surface area contributed by atoms with Gasteiger partial charge in [0.25, 0.3) is 0 Å². The Morgan fingerprint density at radius 1 is 1.13 bits per heavy atom. The molecular formula is C18H13F6N5O2. The van der Waals surface area contributed by atoms with E-state index in [1.807, 2.05) is 0 Å². The molecule has 13 heteroatoms. The Bertz CT molecular complexity index is 1170. The highest BCUT2D eigenvalue weighted by Gasteiger charge is 2.38. The van der Waals surface area contributed by atoms with Crippen LogP contribution in [-0.2, 0) is 24.2 Å². The van der Waals surface area contributed by atoms with Gasteiger partial charge in [-0.05, 0) is 31.2 Å². The summed E-state index contributed by atoms with van der Waals surface area (Å²) in [4.78, 5) is 28.4. The van der Waals surface area contributed by atoms with Gasteiger partial charge < -0.3 is 5.32 Å². The minimum atomic E-state index is -5.05. The Kier molecular flexibility index (Phi) is 5.38. The van der Waals surface area contributed by atoms with Gasteiger partial charge in [-0.2, -0.15) is 31.4 Å². The smallest absolute Gasteiger partial charge is 0.307 e. The highest BCUT2D eigenvalue weighted by atomic mass is 19.4. The molecule has 0 saturated carbocycles. The first kappa shape index (κ1) is 22.1. The van der Waals surface area contributed by atoms with Crippen LogP contribution in [0.4, 0.5) is 42.5 Å². The molecular weight excluding hydrogens is 432 g/mol. The number of urea groups is 1. The van der Waals surface area contributed by atoms with Crippen LogP contribution >= 0.6 is 0 Å². The van der Waals surface area contributed by atoms with E-state index in [4.69, 9.17) is 0 Å². The number of imide groups is 1. The van der Waals surface area contributed by atoms with Gasteiger partial charge in [-0.1, -0.05) is 0 Å². The molecule has 1 aromatic carbocycles. The number of benzene rings is 1. The van der Waals surface area contributed by atoms with Gasteiger partial charge in [0.1, 0.15) is 0 Å². The van der Waals surface area contributed by atoms with Gasteiger partial charge >= 0.3 is 18.4 Å². The number of fused-ring (bicyclic) bond motifs is 1. The first-order valence-corrected chi connectivity index (χ1v) is 8.46. The van der Waals surface area contributed by atoms with Gasteiger partial charge in [-0.15, -0.1) is 0 Å². The molecule has 0 aliphatic heterocycles. The van der Waals surface area contributed by atoms with Crippen LogP contribution in [0.25, 0.3) is 11.0 Å². The lowest BCUT2D eigenvalue weighted by Crippen LogP contribution is -2.34. The van der Waals surface area contributed by atoms with E-state index in [0.29, 0.717) is 21.6 Å². The molecule has 1 N–H and O–H groups in total. The minimum absolute atomic E-state index is 0.00472. The summed E-state index contributed by atoms with van der Waals surface area (Å²) in [6, 6.07) is 0.559. The number of nitrogens with one attached hydrogen (secondary N) is 1. The molecule has 164 valence electrons. The maximum atomic E-state index is 13.2. The van der Waals surface area contributed by atoms with Gasteiger partial charge in [0.2, 0.25) is 6.41 Å². The van der Waals surface area contributed by atoms with Crippen LogP contribution in [-0.4, -0.2) is 27.2 Å². The molecule has 0 aliphatic rings. The van der Waals surface area contributed by atoms with Crippen molar-refractivity contribution in [3.63, 3.8) is 0 Å². The molecule has 31 heavy (non-hydrogen) atoms. The molecule has 0 atom stereocenters. The fourth-order valence-electron chi connectivity index (χ4n) is 2.90. The molecule has 0 aliphatic carbocycles. The van der Waals surface area contributed by atoms with Crippen LogP contribution in [0, 0.1) is 6.92 Å². The normalized spacial score (nSPS) is 12.1. The Morgan fingerprint density at radius 3 is 2.39 bits per heavy atom. The topological polar surface area (TPSA) is 80.1 Å². The number of amides is 3. The summed E-state index contributed by atoms with van der Waals surface area (Å²) in [6.45, 7) is 1.64. The maximum Gasteiger partial charge on any atom is 0.418 e. The van der Waals surface area contributed by atoms with Crippen molar-refractivity contribution < 1.29 is 35.9 Å². The second-order valence-electron chi connectivity index (χ2n) is 6.44. The van der Waals surface area contributed by atoms with Crippen molar-refractivity contribution in [2.24, 2.45) is 7.05 Å². The number of carbonyl (C=O) groups is 2. The molecule has 0 bridgehead atoms. The summed E-state index contributed by atoms with van der Waals surface area (Å²) in [6.07, 6.45) is -8.88. The van der Waals surface area contributed by atoms with Crippen molar-refractivity contribution in [3.05, 3.63) is 47.3 Å². The fourth-order valence-corrected chi connectivity index (χ4v) is 2.90. The van der Waals surface area contributed by atoms with Gasteiger partial charge in [0.05, 0.1) is 34.4 Å². The van der Waals surface area contributed by atoms with Crippen LogP contribution in [0.15, 0.2) is 30.5 Å². The van der Waals surface area contributed by atoms with E-state index in [0.717, 1.165) is 6.20 Å². The molecule has 2 aromatic heterocycles. The number of anilines is 2. The lowest BCUT2D eigenvalue weighted by molar-refractivity contribution is -0.140. The molecule has 3 aromatic rings. The molecule has 0 unspecified atom stereocenters. The molecule has 7 nitrogen and oxygen atoms in total. The van der Waals surface area contributed by atoms with Gasteiger partial charge in [-0.25, -0.2) is 14.7 Å². The molecule has 0 spiro atoms. The Labute approximate surface area is 170 Å². The average molecular weight is 445 g/mol. The number of hydrogen-bond donors (Lipinski definition) is 1. The number of rotatable bonds is 3. The Hall–Kier alpha value is -3.64. The van der Waals surface area contributed by atoms with Gasteiger partial charge in [0, 0.05) is 12.4 Å². The number of aryl methyl sites for hydroxylation is 2. The van der Waals surface area contributed by atoms with Crippen molar-refractivity contribution in [2.75, 3.05) is 10.2 Å². The van der Waals surface area contributed by atoms with Crippen molar-refractivity contribution in [1.29, 1.82) is 0 Å². The summed E-state index contributed by atoms with van der Waals surface area (Å²) in [7, 11) is 1.61. The van der Waals surface area contributed by atoms with Gasteiger partial charge in [0.15, 0.2) is 5.65 Å². The van der Waals surface area contributed by atoms with Crippen LogP contribution in [0.2, 0.25) is 0 Å². The highest BCUT2D eigenvalue weighted by Crippen LogP contribution is 2.39. The maximum absolute atomic E-state index is 13.2.